The van der Waals surface area contributed by atoms with Gasteiger partial charge >= 0.3 is 0 Å². The van der Waals surface area contributed by atoms with Crippen LogP contribution in [-0.2, 0) is 11.2 Å². The highest BCUT2D eigenvalue weighted by molar-refractivity contribution is 7.13. The normalized spacial score (nSPS) is 14.8. The number of thiazole rings is 1. The molecule has 1 saturated heterocycles. The molecule has 1 aliphatic heterocycles. The molecule has 0 saturated carbocycles. The number of carbonyl (C=O) groups is 1. The molecule has 0 spiro atoms. The van der Waals surface area contributed by atoms with Gasteiger partial charge in [0.15, 0.2) is 16.8 Å². The fourth-order valence-electron chi connectivity index (χ4n) is 3.39. The van der Waals surface area contributed by atoms with Crippen LogP contribution in [-0.4, -0.2) is 47.0 Å². The molecule has 1 aromatic carbocycles. The summed E-state index contributed by atoms with van der Waals surface area (Å²) in [7, 11) is 0. The number of halogens is 1. The van der Waals surface area contributed by atoms with E-state index < -0.39 is 0 Å². The molecule has 3 heterocycles. The predicted molar refractivity (Wildman–Crippen MR) is 116 cm³/mol. The van der Waals surface area contributed by atoms with Crippen molar-refractivity contribution in [3.8, 4) is 11.3 Å². The number of benzene rings is 1. The third-order valence-corrected chi connectivity index (χ3v) is 6.23. The van der Waals surface area contributed by atoms with Gasteiger partial charge in [-0.3, -0.25) is 4.79 Å². The van der Waals surface area contributed by atoms with Gasteiger partial charge in [-0.05, 0) is 37.6 Å². The second-order valence-electron chi connectivity index (χ2n) is 7.12. The lowest BCUT2D eigenvalue weighted by atomic mass is 10.2. The minimum Gasteiger partial charge on any atom is -0.441 e. The number of aryl methyl sites for hydroxylation is 2. The third-order valence-electron chi connectivity index (χ3n) is 4.96. The lowest BCUT2D eigenvalue weighted by molar-refractivity contribution is -0.131. The van der Waals surface area contributed by atoms with Crippen LogP contribution in [0, 0.1) is 6.92 Å². The number of oxazole rings is 1. The van der Waals surface area contributed by atoms with Gasteiger partial charge in [-0.1, -0.05) is 11.6 Å². The second kappa shape index (κ2) is 8.97. The van der Waals surface area contributed by atoms with Crippen LogP contribution >= 0.6 is 22.9 Å². The molecule has 1 fully saturated rings. The molecule has 1 aliphatic rings. The zero-order valence-electron chi connectivity index (χ0n) is 16.3. The first-order valence-corrected chi connectivity index (χ1v) is 11.0. The number of hydrogen-bond donors (Lipinski definition) is 0. The molecular formula is C21H23ClN4O2S. The smallest absolute Gasteiger partial charge is 0.223 e. The molecule has 8 heteroatoms. The van der Waals surface area contributed by atoms with E-state index in [0.29, 0.717) is 29.5 Å². The summed E-state index contributed by atoms with van der Waals surface area (Å²) in [6.45, 7) is 5.26. The predicted octanol–water partition coefficient (Wildman–Crippen LogP) is 4.43. The minimum atomic E-state index is 0.147. The third kappa shape index (κ3) is 4.97. The Balaban J connectivity index is 1.30. The topological polar surface area (TPSA) is 62.5 Å². The van der Waals surface area contributed by atoms with Crippen molar-refractivity contribution in [3.05, 3.63) is 52.4 Å². The molecule has 6 nitrogen and oxygen atoms in total. The van der Waals surface area contributed by atoms with Gasteiger partial charge in [0.2, 0.25) is 5.91 Å². The Kier molecular flexibility index (Phi) is 6.16. The van der Waals surface area contributed by atoms with Gasteiger partial charge in [-0.25, -0.2) is 9.97 Å². The Morgan fingerprint density at radius 2 is 2.03 bits per heavy atom. The van der Waals surface area contributed by atoms with Crippen molar-refractivity contribution in [1.82, 2.24) is 14.9 Å². The lowest BCUT2D eigenvalue weighted by Gasteiger charge is -2.21. The molecular weight excluding hydrogens is 408 g/mol. The second-order valence-corrected chi connectivity index (χ2v) is 8.39. The maximum atomic E-state index is 12.7. The average molecular weight is 431 g/mol. The summed E-state index contributed by atoms with van der Waals surface area (Å²) in [6.07, 6.45) is 3.54. The van der Waals surface area contributed by atoms with Gasteiger partial charge < -0.3 is 14.2 Å². The Bertz CT molecular complexity index is 969. The standard InChI is InChI=1S/C21H23ClN4O2S/c1-15-14-29-21(24-15)26-10-2-9-25(11-12-26)20(27)8-7-19-23-13-18(28-19)16-3-5-17(22)6-4-16/h3-6,13-14H,2,7-12H2,1H3. The van der Waals surface area contributed by atoms with E-state index in [2.05, 4.69) is 20.2 Å². The van der Waals surface area contributed by atoms with E-state index in [0.717, 1.165) is 49.0 Å². The van der Waals surface area contributed by atoms with E-state index in [4.69, 9.17) is 16.0 Å². The van der Waals surface area contributed by atoms with Crippen LogP contribution in [0.15, 0.2) is 40.3 Å². The minimum absolute atomic E-state index is 0.147. The van der Waals surface area contributed by atoms with Gasteiger partial charge in [0.25, 0.3) is 0 Å². The molecule has 0 unspecified atom stereocenters. The van der Waals surface area contributed by atoms with Crippen LogP contribution < -0.4 is 4.90 Å². The highest BCUT2D eigenvalue weighted by Gasteiger charge is 2.21. The fourth-order valence-corrected chi connectivity index (χ4v) is 4.37. The summed E-state index contributed by atoms with van der Waals surface area (Å²) in [5.74, 6) is 1.42. The van der Waals surface area contributed by atoms with Gasteiger partial charge in [-0.15, -0.1) is 11.3 Å². The van der Waals surface area contributed by atoms with Crippen molar-refractivity contribution < 1.29 is 9.21 Å². The number of carbonyl (C=O) groups excluding carboxylic acids is 1. The fraction of sp³-hybridized carbons (Fsp3) is 0.381. The molecule has 152 valence electrons. The average Bonchev–Trinajstić information content (AvgIpc) is 3.29. The van der Waals surface area contributed by atoms with Gasteiger partial charge in [0.05, 0.1) is 11.9 Å². The van der Waals surface area contributed by atoms with E-state index in [-0.39, 0.29) is 5.91 Å². The Hall–Kier alpha value is -2.38. The van der Waals surface area contributed by atoms with Gasteiger partial charge in [0.1, 0.15) is 0 Å². The van der Waals surface area contributed by atoms with Gasteiger partial charge in [0, 0.05) is 55.0 Å². The van der Waals surface area contributed by atoms with Crippen LogP contribution in [0.3, 0.4) is 0 Å². The monoisotopic (exact) mass is 430 g/mol. The Labute approximate surface area is 179 Å². The SMILES string of the molecule is Cc1csc(N2CCCN(C(=O)CCc3ncc(-c4ccc(Cl)cc4)o3)CC2)n1. The maximum absolute atomic E-state index is 12.7. The highest BCUT2D eigenvalue weighted by Crippen LogP contribution is 2.24. The largest absolute Gasteiger partial charge is 0.441 e. The zero-order valence-corrected chi connectivity index (χ0v) is 17.9. The quantitative estimate of drug-likeness (QED) is 0.599. The van der Waals surface area contributed by atoms with Crippen molar-refractivity contribution in [3.63, 3.8) is 0 Å². The van der Waals surface area contributed by atoms with Crippen molar-refractivity contribution in [1.29, 1.82) is 0 Å². The van der Waals surface area contributed by atoms with E-state index in [1.807, 2.05) is 36.1 Å². The molecule has 0 bridgehead atoms. The van der Waals surface area contributed by atoms with Crippen LogP contribution in [0.25, 0.3) is 11.3 Å². The number of rotatable bonds is 5. The van der Waals surface area contributed by atoms with Crippen LogP contribution in [0.5, 0.6) is 0 Å². The van der Waals surface area contributed by atoms with Crippen LogP contribution in [0.2, 0.25) is 5.02 Å². The summed E-state index contributed by atoms with van der Waals surface area (Å²) in [5.41, 5.74) is 1.97. The zero-order chi connectivity index (χ0) is 20.2. The van der Waals surface area contributed by atoms with Crippen molar-refractivity contribution >= 4 is 34.0 Å². The summed E-state index contributed by atoms with van der Waals surface area (Å²) in [4.78, 5) is 25.8. The number of anilines is 1. The summed E-state index contributed by atoms with van der Waals surface area (Å²) < 4.78 is 5.81. The Morgan fingerprint density at radius 1 is 1.21 bits per heavy atom. The molecule has 1 amide bonds. The first kappa shape index (κ1) is 19.9. The first-order chi connectivity index (χ1) is 14.1. The highest BCUT2D eigenvalue weighted by atomic mass is 35.5. The van der Waals surface area contributed by atoms with Crippen molar-refractivity contribution in [2.45, 2.75) is 26.2 Å². The van der Waals surface area contributed by atoms with E-state index >= 15 is 0 Å². The molecule has 2 aromatic heterocycles. The van der Waals surface area contributed by atoms with Gasteiger partial charge in [-0.2, -0.15) is 0 Å². The summed E-state index contributed by atoms with van der Waals surface area (Å²) in [5, 5.41) is 3.80. The molecule has 0 atom stereocenters. The van der Waals surface area contributed by atoms with E-state index in [1.54, 1.807) is 17.5 Å². The van der Waals surface area contributed by atoms with E-state index in [9.17, 15) is 4.79 Å². The number of hydrogen-bond acceptors (Lipinski definition) is 6. The maximum Gasteiger partial charge on any atom is 0.223 e. The molecule has 0 N–H and O–H groups in total. The summed E-state index contributed by atoms with van der Waals surface area (Å²) >= 11 is 7.59. The first-order valence-electron chi connectivity index (χ1n) is 9.74. The van der Waals surface area contributed by atoms with Crippen molar-refractivity contribution in [2.75, 3.05) is 31.1 Å². The van der Waals surface area contributed by atoms with E-state index in [1.165, 1.54) is 0 Å². The molecule has 3 aromatic rings. The molecule has 0 aliphatic carbocycles. The van der Waals surface area contributed by atoms with Crippen LogP contribution in [0.1, 0.15) is 24.4 Å². The molecule has 0 radical (unpaired) electrons. The molecule has 29 heavy (non-hydrogen) atoms. The van der Waals surface area contributed by atoms with Crippen molar-refractivity contribution in [2.24, 2.45) is 0 Å². The Morgan fingerprint density at radius 3 is 2.79 bits per heavy atom. The number of aromatic nitrogens is 2. The van der Waals surface area contributed by atoms with Crippen LogP contribution in [0.4, 0.5) is 5.13 Å². The summed E-state index contributed by atoms with van der Waals surface area (Å²) in [6, 6.07) is 7.42. The molecule has 4 rings (SSSR count). The number of amides is 1. The number of nitrogens with zero attached hydrogens (tertiary/aromatic N) is 4. The lowest BCUT2D eigenvalue weighted by Crippen LogP contribution is -2.35.